The molecule has 90 valence electrons. The van der Waals surface area contributed by atoms with Gasteiger partial charge in [0.05, 0.1) is 0 Å². The van der Waals surface area contributed by atoms with Crippen LogP contribution >= 0.6 is 0 Å². The molecule has 0 bridgehead atoms. The van der Waals surface area contributed by atoms with E-state index in [0.29, 0.717) is 0 Å². The number of aliphatic carboxylic acids is 1. The van der Waals surface area contributed by atoms with E-state index in [1.807, 2.05) is 0 Å². The minimum atomic E-state index is -1.09. The Balaban J connectivity index is 2.02. The van der Waals surface area contributed by atoms with Crippen LogP contribution in [-0.2, 0) is 19.0 Å². The molecule has 0 amide bonds. The van der Waals surface area contributed by atoms with Crippen molar-refractivity contribution in [2.24, 2.45) is 0 Å². The standard InChI is InChI=1S/C10H14O6/c1-10(2)15-8-7(13)5(3-4-6(11)12)14-9(8)16-10/h3-5,7-9,13H,1-2H3,(H,11,12)/b4-3-/t5-,7+,8-,9-/m1/s1. The van der Waals surface area contributed by atoms with Gasteiger partial charge in [-0.1, -0.05) is 0 Å². The van der Waals surface area contributed by atoms with E-state index in [1.54, 1.807) is 13.8 Å². The molecule has 4 atom stereocenters. The maximum atomic E-state index is 10.3. The maximum Gasteiger partial charge on any atom is 0.328 e. The van der Waals surface area contributed by atoms with Crippen LogP contribution in [0, 0.1) is 0 Å². The molecule has 16 heavy (non-hydrogen) atoms. The van der Waals surface area contributed by atoms with Gasteiger partial charge in [-0.15, -0.1) is 0 Å². The predicted molar refractivity (Wildman–Crippen MR) is 51.5 cm³/mol. The molecule has 2 rings (SSSR count). The van der Waals surface area contributed by atoms with Gasteiger partial charge in [-0.2, -0.15) is 0 Å². The molecule has 2 saturated heterocycles. The van der Waals surface area contributed by atoms with Gasteiger partial charge in [0.15, 0.2) is 12.1 Å². The highest BCUT2D eigenvalue weighted by Gasteiger charge is 2.53. The van der Waals surface area contributed by atoms with Crippen LogP contribution in [0.4, 0.5) is 0 Å². The Morgan fingerprint density at radius 3 is 2.62 bits per heavy atom. The molecule has 0 aliphatic carbocycles. The van der Waals surface area contributed by atoms with E-state index in [4.69, 9.17) is 19.3 Å². The van der Waals surface area contributed by atoms with Crippen LogP contribution in [0.2, 0.25) is 0 Å². The maximum absolute atomic E-state index is 10.3. The van der Waals surface area contributed by atoms with Gasteiger partial charge >= 0.3 is 5.97 Å². The molecular formula is C10H14O6. The summed E-state index contributed by atoms with van der Waals surface area (Å²) in [5.41, 5.74) is 0. The topological polar surface area (TPSA) is 85.2 Å². The summed E-state index contributed by atoms with van der Waals surface area (Å²) in [4.78, 5) is 10.3. The fourth-order valence-electron chi connectivity index (χ4n) is 1.85. The predicted octanol–water partition coefficient (Wildman–Crippen LogP) is -0.136. The molecule has 2 fully saturated rings. The van der Waals surface area contributed by atoms with Gasteiger partial charge in [0.1, 0.15) is 18.3 Å². The Morgan fingerprint density at radius 2 is 2.06 bits per heavy atom. The van der Waals surface area contributed by atoms with E-state index in [1.165, 1.54) is 6.08 Å². The molecule has 2 aliphatic heterocycles. The Labute approximate surface area is 92.4 Å². The first-order valence-electron chi connectivity index (χ1n) is 4.99. The Kier molecular flexibility index (Phi) is 2.75. The van der Waals surface area contributed by atoms with Crippen molar-refractivity contribution in [3.8, 4) is 0 Å². The van der Waals surface area contributed by atoms with E-state index in [2.05, 4.69) is 0 Å². The number of aliphatic hydroxyl groups is 1. The highest BCUT2D eigenvalue weighted by atomic mass is 16.8. The second kappa shape index (κ2) is 3.81. The number of carboxylic acids is 1. The first-order chi connectivity index (χ1) is 7.39. The zero-order valence-corrected chi connectivity index (χ0v) is 8.99. The molecule has 2 N–H and O–H groups in total. The molecule has 0 aromatic heterocycles. The van der Waals surface area contributed by atoms with E-state index in [-0.39, 0.29) is 0 Å². The Hall–Kier alpha value is -0.950. The minimum absolute atomic E-state index is 0.571. The van der Waals surface area contributed by atoms with Crippen molar-refractivity contribution in [3.05, 3.63) is 12.2 Å². The van der Waals surface area contributed by atoms with Crippen molar-refractivity contribution in [1.82, 2.24) is 0 Å². The van der Waals surface area contributed by atoms with E-state index >= 15 is 0 Å². The summed E-state index contributed by atoms with van der Waals surface area (Å²) >= 11 is 0. The summed E-state index contributed by atoms with van der Waals surface area (Å²) in [6.07, 6.45) is -0.623. The minimum Gasteiger partial charge on any atom is -0.478 e. The average molecular weight is 230 g/mol. The van der Waals surface area contributed by atoms with Crippen LogP contribution in [0.25, 0.3) is 0 Å². The number of hydrogen-bond acceptors (Lipinski definition) is 5. The summed E-state index contributed by atoms with van der Waals surface area (Å²) in [6.45, 7) is 3.45. The highest BCUT2D eigenvalue weighted by Crippen LogP contribution is 2.37. The van der Waals surface area contributed by atoms with Gasteiger partial charge in [-0.05, 0) is 19.9 Å². The fourth-order valence-corrected chi connectivity index (χ4v) is 1.85. The third-order valence-corrected chi connectivity index (χ3v) is 2.48. The number of aliphatic hydroxyl groups excluding tert-OH is 1. The molecular weight excluding hydrogens is 216 g/mol. The second-order valence-electron chi connectivity index (χ2n) is 4.26. The van der Waals surface area contributed by atoms with Crippen molar-refractivity contribution >= 4 is 5.97 Å². The summed E-state index contributed by atoms with van der Waals surface area (Å²) in [7, 11) is 0. The Morgan fingerprint density at radius 1 is 1.38 bits per heavy atom. The number of fused-ring (bicyclic) bond motifs is 1. The second-order valence-corrected chi connectivity index (χ2v) is 4.26. The number of hydrogen-bond donors (Lipinski definition) is 2. The van der Waals surface area contributed by atoms with Gasteiger partial charge in [-0.3, -0.25) is 0 Å². The first kappa shape index (κ1) is 11.5. The van der Waals surface area contributed by atoms with Crippen LogP contribution in [0.1, 0.15) is 13.8 Å². The van der Waals surface area contributed by atoms with Crippen LogP contribution < -0.4 is 0 Å². The van der Waals surface area contributed by atoms with Crippen molar-refractivity contribution in [3.63, 3.8) is 0 Å². The van der Waals surface area contributed by atoms with Crippen LogP contribution in [-0.4, -0.2) is 46.6 Å². The normalized spacial score (nSPS) is 41.4. The summed E-state index contributed by atoms with van der Waals surface area (Å²) in [5.74, 6) is -1.87. The smallest absolute Gasteiger partial charge is 0.328 e. The molecule has 0 aromatic rings. The van der Waals surface area contributed by atoms with Crippen molar-refractivity contribution in [2.75, 3.05) is 0 Å². The monoisotopic (exact) mass is 230 g/mol. The van der Waals surface area contributed by atoms with Gasteiger partial charge in [0.25, 0.3) is 0 Å². The lowest BCUT2D eigenvalue weighted by Crippen LogP contribution is -2.33. The third kappa shape index (κ3) is 2.10. The molecule has 2 aliphatic rings. The number of rotatable bonds is 2. The zero-order chi connectivity index (χ0) is 11.9. The van der Waals surface area contributed by atoms with Crippen molar-refractivity contribution < 1.29 is 29.2 Å². The molecule has 2 heterocycles. The number of carboxylic acid groups (broad SMARTS) is 1. The summed E-state index contributed by atoms with van der Waals surface area (Å²) in [5, 5.41) is 18.3. The van der Waals surface area contributed by atoms with E-state index in [9.17, 15) is 9.90 Å². The largest absolute Gasteiger partial charge is 0.478 e. The summed E-state index contributed by atoms with van der Waals surface area (Å²) in [6, 6.07) is 0. The molecule has 0 saturated carbocycles. The average Bonchev–Trinajstić information content (AvgIpc) is 2.58. The third-order valence-electron chi connectivity index (χ3n) is 2.48. The molecule has 0 aromatic carbocycles. The van der Waals surface area contributed by atoms with Gasteiger partial charge in [-0.25, -0.2) is 4.79 Å². The molecule has 0 spiro atoms. The van der Waals surface area contributed by atoms with Crippen LogP contribution in [0.5, 0.6) is 0 Å². The first-order valence-corrected chi connectivity index (χ1v) is 4.99. The lowest BCUT2D eigenvalue weighted by Gasteiger charge is -2.21. The fraction of sp³-hybridized carbons (Fsp3) is 0.700. The van der Waals surface area contributed by atoms with Gasteiger partial charge in [0, 0.05) is 6.08 Å². The van der Waals surface area contributed by atoms with Gasteiger partial charge in [0.2, 0.25) is 0 Å². The van der Waals surface area contributed by atoms with Gasteiger partial charge < -0.3 is 24.4 Å². The zero-order valence-electron chi connectivity index (χ0n) is 8.99. The Bertz CT molecular complexity index is 323. The molecule has 6 heteroatoms. The molecule has 6 nitrogen and oxygen atoms in total. The quantitative estimate of drug-likeness (QED) is 0.642. The van der Waals surface area contributed by atoms with Crippen molar-refractivity contribution in [1.29, 1.82) is 0 Å². The lowest BCUT2D eigenvalue weighted by atomic mass is 10.1. The lowest BCUT2D eigenvalue weighted by molar-refractivity contribution is -0.209. The van der Waals surface area contributed by atoms with Crippen molar-refractivity contribution in [2.45, 2.75) is 44.2 Å². The SMILES string of the molecule is CC1(C)O[C@H]2O[C@H](/C=C\C(=O)O)[C@H](O)[C@H]2O1. The number of ether oxygens (including phenoxy) is 3. The number of carbonyl (C=O) groups is 1. The van der Waals surface area contributed by atoms with Crippen LogP contribution in [0.3, 0.4) is 0 Å². The molecule has 0 radical (unpaired) electrons. The van der Waals surface area contributed by atoms with E-state index < -0.39 is 36.4 Å². The molecule has 0 unspecified atom stereocenters. The highest BCUT2D eigenvalue weighted by molar-refractivity contribution is 5.79. The van der Waals surface area contributed by atoms with E-state index in [0.717, 1.165) is 6.08 Å². The summed E-state index contributed by atoms with van der Waals surface area (Å²) < 4.78 is 16.2. The van der Waals surface area contributed by atoms with Crippen LogP contribution in [0.15, 0.2) is 12.2 Å².